The lowest BCUT2D eigenvalue weighted by atomic mass is 10.0. The summed E-state index contributed by atoms with van der Waals surface area (Å²) in [6.07, 6.45) is 8.05. The van der Waals surface area contributed by atoms with Crippen LogP contribution in [0.5, 0.6) is 17.2 Å². The van der Waals surface area contributed by atoms with Gasteiger partial charge in [0.05, 0.1) is 39.1 Å². The fourth-order valence-corrected chi connectivity index (χ4v) is 3.38. The molecule has 0 aliphatic carbocycles. The highest BCUT2D eigenvalue weighted by Gasteiger charge is 2.06. The predicted molar refractivity (Wildman–Crippen MR) is 138 cm³/mol. The minimum atomic E-state index is -0.312. The number of ether oxygens (including phenoxy) is 4. The molecule has 0 unspecified atom stereocenters. The van der Waals surface area contributed by atoms with Crippen LogP contribution in [0.25, 0.3) is 11.6 Å². The van der Waals surface area contributed by atoms with Gasteiger partial charge in [-0.3, -0.25) is 0 Å². The number of methoxy groups -OCH3 is 2. The molecule has 2 aromatic carbocycles. The second-order valence-electron chi connectivity index (χ2n) is 8.23. The van der Waals surface area contributed by atoms with Crippen molar-refractivity contribution in [2.24, 2.45) is 0 Å². The summed E-state index contributed by atoms with van der Waals surface area (Å²) < 4.78 is 21.5. The maximum absolute atomic E-state index is 11.3. The maximum atomic E-state index is 11.3. The summed E-state index contributed by atoms with van der Waals surface area (Å²) in [5, 5.41) is 9.66. The highest BCUT2D eigenvalue weighted by atomic mass is 16.5. The van der Waals surface area contributed by atoms with Crippen molar-refractivity contribution < 1.29 is 23.7 Å². The highest BCUT2D eigenvalue weighted by Crippen LogP contribution is 2.26. The third-order valence-electron chi connectivity index (χ3n) is 5.36. The number of nitriles is 1. The molecule has 2 rings (SSSR count). The van der Waals surface area contributed by atoms with Gasteiger partial charge in [-0.2, -0.15) is 5.26 Å². The molecule has 0 fully saturated rings. The molecule has 6 nitrogen and oxygen atoms in total. The van der Waals surface area contributed by atoms with Crippen LogP contribution in [0.3, 0.4) is 0 Å². The standard InChI is InChI=1S/C29H35NO5/c1-22(2)29(31)35-16-10-8-6-5-7-9-15-34-26-13-11-24(12-14-26)25(21-30)17-23-18-27(32-3)20-28(19-23)33-4/h11-14,17-20H,1,5-10,15-16H2,2-4H3. The molecule has 0 amide bonds. The Kier molecular flexibility index (Phi) is 12.0. The van der Waals surface area contributed by atoms with Crippen LogP contribution in [-0.4, -0.2) is 33.4 Å². The fraction of sp³-hybridized carbons (Fsp3) is 0.379. The quantitative estimate of drug-likeness (QED) is 0.0945. The Hall–Kier alpha value is -3.72. The van der Waals surface area contributed by atoms with Crippen molar-refractivity contribution in [2.45, 2.75) is 45.4 Å². The van der Waals surface area contributed by atoms with Gasteiger partial charge < -0.3 is 18.9 Å². The number of unbranched alkanes of at least 4 members (excludes halogenated alkanes) is 5. The van der Waals surface area contributed by atoms with E-state index >= 15 is 0 Å². The second kappa shape index (κ2) is 15.2. The molecule has 0 heterocycles. The number of hydrogen-bond donors (Lipinski definition) is 0. The molecule has 6 heteroatoms. The van der Waals surface area contributed by atoms with E-state index in [0.29, 0.717) is 35.9 Å². The molecule has 0 aliphatic rings. The molecular formula is C29H35NO5. The average molecular weight is 478 g/mol. The van der Waals surface area contributed by atoms with Crippen LogP contribution in [0.2, 0.25) is 0 Å². The van der Waals surface area contributed by atoms with Crippen LogP contribution in [0.1, 0.15) is 56.6 Å². The van der Waals surface area contributed by atoms with E-state index < -0.39 is 0 Å². The van der Waals surface area contributed by atoms with E-state index in [-0.39, 0.29) is 5.97 Å². The van der Waals surface area contributed by atoms with Crippen molar-refractivity contribution in [1.29, 1.82) is 5.26 Å². The Morgan fingerprint density at radius 1 is 0.886 bits per heavy atom. The van der Waals surface area contributed by atoms with Crippen molar-refractivity contribution in [3.63, 3.8) is 0 Å². The van der Waals surface area contributed by atoms with E-state index in [2.05, 4.69) is 12.6 Å². The molecular weight excluding hydrogens is 442 g/mol. The summed E-state index contributed by atoms with van der Waals surface area (Å²) in [6.45, 7) is 6.33. The lowest BCUT2D eigenvalue weighted by molar-refractivity contribution is -0.139. The average Bonchev–Trinajstić information content (AvgIpc) is 2.88. The minimum absolute atomic E-state index is 0.312. The molecule has 186 valence electrons. The number of nitrogens with zero attached hydrogens (tertiary/aromatic N) is 1. The number of carbonyl (C=O) groups excluding carboxylic acids is 1. The van der Waals surface area contributed by atoms with E-state index in [4.69, 9.17) is 18.9 Å². The van der Waals surface area contributed by atoms with Gasteiger partial charge in [-0.15, -0.1) is 0 Å². The van der Waals surface area contributed by atoms with Crippen LogP contribution in [0.4, 0.5) is 0 Å². The Morgan fingerprint density at radius 3 is 2.00 bits per heavy atom. The van der Waals surface area contributed by atoms with Gasteiger partial charge in [0.15, 0.2) is 0 Å². The Labute approximate surface area is 208 Å². The van der Waals surface area contributed by atoms with E-state index in [1.807, 2.05) is 42.5 Å². The molecule has 0 bridgehead atoms. The molecule has 0 N–H and O–H groups in total. The number of carbonyl (C=O) groups is 1. The topological polar surface area (TPSA) is 77.8 Å². The molecule has 0 aliphatic heterocycles. The lowest BCUT2D eigenvalue weighted by Gasteiger charge is -2.08. The first-order valence-corrected chi connectivity index (χ1v) is 11.9. The van der Waals surface area contributed by atoms with Crippen molar-refractivity contribution in [3.05, 3.63) is 65.7 Å². The van der Waals surface area contributed by atoms with Gasteiger partial charge in [0.1, 0.15) is 17.2 Å². The smallest absolute Gasteiger partial charge is 0.333 e. The van der Waals surface area contributed by atoms with Crippen LogP contribution in [0, 0.1) is 11.3 Å². The van der Waals surface area contributed by atoms with Gasteiger partial charge in [-0.25, -0.2) is 4.79 Å². The van der Waals surface area contributed by atoms with Crippen LogP contribution < -0.4 is 14.2 Å². The first kappa shape index (κ1) is 27.5. The Bertz CT molecular complexity index is 1010. The molecule has 0 saturated carbocycles. The van der Waals surface area contributed by atoms with Gasteiger partial charge in [0.2, 0.25) is 0 Å². The maximum Gasteiger partial charge on any atom is 0.333 e. The zero-order chi connectivity index (χ0) is 25.5. The molecule has 0 spiro atoms. The van der Waals surface area contributed by atoms with E-state index in [1.54, 1.807) is 27.2 Å². The fourth-order valence-electron chi connectivity index (χ4n) is 3.38. The van der Waals surface area contributed by atoms with E-state index in [0.717, 1.165) is 55.4 Å². The molecule has 0 aromatic heterocycles. The molecule has 0 atom stereocenters. The first-order valence-electron chi connectivity index (χ1n) is 11.9. The second-order valence-corrected chi connectivity index (χ2v) is 8.23. The third-order valence-corrected chi connectivity index (χ3v) is 5.36. The molecule has 0 radical (unpaired) electrons. The van der Waals surface area contributed by atoms with Crippen molar-refractivity contribution >= 4 is 17.6 Å². The highest BCUT2D eigenvalue weighted by molar-refractivity contribution is 5.90. The van der Waals surface area contributed by atoms with Gasteiger partial charge in [0, 0.05) is 11.6 Å². The van der Waals surface area contributed by atoms with E-state index in [1.165, 1.54) is 0 Å². The largest absolute Gasteiger partial charge is 0.497 e. The molecule has 0 saturated heterocycles. The zero-order valence-corrected chi connectivity index (χ0v) is 21.0. The lowest BCUT2D eigenvalue weighted by Crippen LogP contribution is -2.06. The summed E-state index contributed by atoms with van der Waals surface area (Å²) >= 11 is 0. The third kappa shape index (κ3) is 9.97. The summed E-state index contributed by atoms with van der Waals surface area (Å²) in [7, 11) is 3.19. The molecule has 2 aromatic rings. The van der Waals surface area contributed by atoms with Crippen molar-refractivity contribution in [2.75, 3.05) is 27.4 Å². The Balaban J connectivity index is 1.73. The summed E-state index contributed by atoms with van der Waals surface area (Å²) in [5.41, 5.74) is 2.62. The van der Waals surface area contributed by atoms with Gasteiger partial charge in [-0.05, 0) is 73.4 Å². The number of rotatable bonds is 15. The normalized spacial score (nSPS) is 10.9. The zero-order valence-electron chi connectivity index (χ0n) is 21.0. The summed E-state index contributed by atoms with van der Waals surface area (Å²) in [6, 6.07) is 15.3. The van der Waals surface area contributed by atoms with Crippen molar-refractivity contribution in [3.8, 4) is 23.3 Å². The van der Waals surface area contributed by atoms with Gasteiger partial charge >= 0.3 is 5.97 Å². The predicted octanol–water partition coefficient (Wildman–Crippen LogP) is 6.61. The SMILES string of the molecule is C=C(C)C(=O)OCCCCCCCCOc1ccc(C(C#N)=Cc2cc(OC)cc(OC)c2)cc1. The van der Waals surface area contributed by atoms with Crippen LogP contribution in [0.15, 0.2) is 54.6 Å². The monoisotopic (exact) mass is 477 g/mol. The number of allylic oxidation sites excluding steroid dienone is 1. The number of benzene rings is 2. The van der Waals surface area contributed by atoms with Crippen LogP contribution in [-0.2, 0) is 9.53 Å². The van der Waals surface area contributed by atoms with Gasteiger partial charge in [-0.1, -0.05) is 32.3 Å². The summed E-state index contributed by atoms with van der Waals surface area (Å²) in [5.74, 6) is 1.81. The minimum Gasteiger partial charge on any atom is -0.497 e. The number of esters is 1. The summed E-state index contributed by atoms with van der Waals surface area (Å²) in [4.78, 5) is 11.3. The molecule has 35 heavy (non-hydrogen) atoms. The number of hydrogen-bond acceptors (Lipinski definition) is 6. The van der Waals surface area contributed by atoms with Gasteiger partial charge in [0.25, 0.3) is 0 Å². The van der Waals surface area contributed by atoms with Crippen LogP contribution >= 0.6 is 0 Å². The van der Waals surface area contributed by atoms with Crippen molar-refractivity contribution in [1.82, 2.24) is 0 Å². The Morgan fingerprint density at radius 2 is 1.46 bits per heavy atom. The van der Waals surface area contributed by atoms with E-state index in [9.17, 15) is 10.1 Å². The first-order chi connectivity index (χ1) is 17.0.